The van der Waals surface area contributed by atoms with Gasteiger partial charge in [-0.15, -0.1) is 0 Å². The maximum atomic E-state index is 11.6. The average molecular weight is 407 g/mol. The van der Waals surface area contributed by atoms with Gasteiger partial charge in [-0.25, -0.2) is 8.42 Å². The number of rotatable bonds is 6. The molecule has 0 spiro atoms. The van der Waals surface area contributed by atoms with E-state index in [9.17, 15) is 23.7 Å². The van der Waals surface area contributed by atoms with E-state index in [1.165, 1.54) is 6.26 Å². The average Bonchev–Trinajstić information content (AvgIpc) is 2.66. The number of hydrogen-bond donors (Lipinski definition) is 3. The maximum absolute atomic E-state index is 11.6. The first-order valence-corrected chi connectivity index (χ1v) is 11.2. The Morgan fingerprint density at radius 3 is 2.36 bits per heavy atom. The molecule has 1 fully saturated rings. The van der Waals surface area contributed by atoms with Crippen molar-refractivity contribution in [3.8, 4) is 5.75 Å². The van der Waals surface area contributed by atoms with Crippen LogP contribution in [0, 0.1) is 5.92 Å². The molecule has 0 aromatic heterocycles. The van der Waals surface area contributed by atoms with Gasteiger partial charge in [0.05, 0.1) is 17.1 Å². The molecule has 7 heteroatoms. The van der Waals surface area contributed by atoms with Gasteiger partial charge >= 0.3 is 0 Å². The van der Waals surface area contributed by atoms with Crippen LogP contribution in [0.15, 0.2) is 53.4 Å². The lowest BCUT2D eigenvalue weighted by atomic mass is 9.83. The van der Waals surface area contributed by atoms with Gasteiger partial charge in [-0.2, -0.15) is 0 Å². The Hall–Kier alpha value is -1.93. The summed E-state index contributed by atoms with van der Waals surface area (Å²) in [5.41, 5.74) is 1.89. The molecule has 0 amide bonds. The van der Waals surface area contributed by atoms with E-state index in [4.69, 9.17) is 4.74 Å². The molecule has 0 aliphatic heterocycles. The Bertz CT molecular complexity index is 893. The fourth-order valence-corrected chi connectivity index (χ4v) is 4.22. The summed E-state index contributed by atoms with van der Waals surface area (Å²) in [6.07, 6.45) is 0.354. The summed E-state index contributed by atoms with van der Waals surface area (Å²) in [5, 5.41) is 29.4. The summed E-state index contributed by atoms with van der Waals surface area (Å²) in [4.78, 5) is 0.283. The molecule has 4 atom stereocenters. The zero-order chi connectivity index (χ0) is 20.3. The summed E-state index contributed by atoms with van der Waals surface area (Å²) in [7, 11) is -3.23. The third-order valence-electron chi connectivity index (χ3n) is 5.19. The van der Waals surface area contributed by atoms with Gasteiger partial charge in [-0.1, -0.05) is 30.3 Å². The second kappa shape index (κ2) is 8.61. The van der Waals surface area contributed by atoms with E-state index in [0.29, 0.717) is 25.0 Å². The molecule has 0 bridgehead atoms. The molecule has 0 unspecified atom stereocenters. The normalized spacial score (nSPS) is 25.4. The molecule has 1 aliphatic rings. The van der Waals surface area contributed by atoms with Crippen molar-refractivity contribution in [3.63, 3.8) is 0 Å². The van der Waals surface area contributed by atoms with E-state index < -0.39 is 28.0 Å². The van der Waals surface area contributed by atoms with Crippen molar-refractivity contribution in [2.45, 2.75) is 42.5 Å². The Morgan fingerprint density at radius 1 is 1.04 bits per heavy atom. The van der Waals surface area contributed by atoms with E-state index >= 15 is 0 Å². The first-order chi connectivity index (χ1) is 13.3. The molecule has 0 radical (unpaired) electrons. The summed E-state index contributed by atoms with van der Waals surface area (Å²) in [6, 6.07) is 14.3. The van der Waals surface area contributed by atoms with Crippen LogP contribution < -0.4 is 4.74 Å². The number of hydrogen-bond acceptors (Lipinski definition) is 6. The van der Waals surface area contributed by atoms with Gasteiger partial charge in [0.25, 0.3) is 0 Å². The van der Waals surface area contributed by atoms with Crippen LogP contribution >= 0.6 is 0 Å². The summed E-state index contributed by atoms with van der Waals surface area (Å²) < 4.78 is 29.3. The highest BCUT2D eigenvalue weighted by Gasteiger charge is 2.36. The predicted octanol–water partition coefficient (Wildman–Crippen LogP) is 1.55. The van der Waals surface area contributed by atoms with Gasteiger partial charge in [-0.05, 0) is 35.7 Å². The number of sulfone groups is 1. The smallest absolute Gasteiger partial charge is 0.175 e. The van der Waals surface area contributed by atoms with Gasteiger partial charge in [0.15, 0.2) is 9.84 Å². The highest BCUT2D eigenvalue weighted by Crippen LogP contribution is 2.30. The first-order valence-electron chi connectivity index (χ1n) is 9.28. The second-order valence-electron chi connectivity index (χ2n) is 7.41. The van der Waals surface area contributed by atoms with E-state index in [0.717, 1.165) is 11.1 Å². The summed E-state index contributed by atoms with van der Waals surface area (Å²) >= 11 is 0. The van der Waals surface area contributed by atoms with Crippen molar-refractivity contribution < 1.29 is 28.5 Å². The fraction of sp³-hybridized carbons (Fsp3) is 0.429. The minimum atomic E-state index is -3.23. The quantitative estimate of drug-likeness (QED) is 0.673. The van der Waals surface area contributed by atoms with Gasteiger partial charge in [0.1, 0.15) is 11.9 Å². The minimum Gasteiger partial charge on any atom is -0.490 e. The first kappa shape index (κ1) is 20.8. The maximum Gasteiger partial charge on any atom is 0.175 e. The monoisotopic (exact) mass is 406 g/mol. The molecule has 152 valence electrons. The van der Waals surface area contributed by atoms with Crippen LogP contribution in [0.3, 0.4) is 0 Å². The molecule has 1 saturated carbocycles. The number of aliphatic hydroxyl groups is 3. The fourth-order valence-electron chi connectivity index (χ4n) is 3.59. The topological polar surface area (TPSA) is 104 Å². The van der Waals surface area contributed by atoms with Gasteiger partial charge in [0.2, 0.25) is 0 Å². The van der Waals surface area contributed by atoms with Crippen LogP contribution in [0.25, 0.3) is 0 Å². The van der Waals surface area contributed by atoms with Gasteiger partial charge in [0, 0.05) is 31.6 Å². The molecular weight excluding hydrogens is 380 g/mol. The van der Waals surface area contributed by atoms with Crippen molar-refractivity contribution in [2.75, 3.05) is 12.9 Å². The zero-order valence-corrected chi connectivity index (χ0v) is 16.5. The molecule has 6 nitrogen and oxygen atoms in total. The standard InChI is InChI=1S/C21H26O6S/c1-28(25,26)18-8-6-14(7-9-18)10-15-4-2-3-5-20(15)27-17-11-16(13-22)21(24)19(23)12-17/h2-9,16-17,19,21-24H,10-13H2,1H3/t16-,17-,19-,21-/m1/s1. The molecule has 1 aliphatic carbocycles. The van der Waals surface area contributed by atoms with Crippen LogP contribution in [0.4, 0.5) is 0 Å². The minimum absolute atomic E-state index is 0.202. The Kier molecular flexibility index (Phi) is 6.40. The number of para-hydroxylation sites is 1. The molecule has 2 aromatic rings. The lowest BCUT2D eigenvalue weighted by molar-refractivity contribution is -0.0892. The summed E-state index contributed by atoms with van der Waals surface area (Å²) in [5.74, 6) is 0.268. The third kappa shape index (κ3) is 4.91. The molecular formula is C21H26O6S. The van der Waals surface area contributed by atoms with Gasteiger partial charge in [-0.3, -0.25) is 0 Å². The highest BCUT2D eigenvalue weighted by atomic mass is 32.2. The van der Waals surface area contributed by atoms with E-state index in [-0.39, 0.29) is 17.6 Å². The lowest BCUT2D eigenvalue weighted by Crippen LogP contribution is -2.46. The Morgan fingerprint density at radius 2 is 1.71 bits per heavy atom. The molecule has 28 heavy (non-hydrogen) atoms. The van der Waals surface area contributed by atoms with Crippen molar-refractivity contribution in [1.82, 2.24) is 0 Å². The lowest BCUT2D eigenvalue weighted by Gasteiger charge is -2.36. The number of benzene rings is 2. The van der Waals surface area contributed by atoms with Crippen LogP contribution in [0.1, 0.15) is 24.0 Å². The van der Waals surface area contributed by atoms with Crippen molar-refractivity contribution in [3.05, 3.63) is 59.7 Å². The predicted molar refractivity (Wildman–Crippen MR) is 105 cm³/mol. The summed E-state index contributed by atoms with van der Waals surface area (Å²) in [6.45, 7) is -0.202. The molecule has 0 heterocycles. The van der Waals surface area contributed by atoms with Crippen molar-refractivity contribution in [2.24, 2.45) is 5.92 Å². The van der Waals surface area contributed by atoms with E-state index in [2.05, 4.69) is 0 Å². The molecule has 0 saturated heterocycles. The van der Waals surface area contributed by atoms with Crippen LogP contribution in [-0.4, -0.2) is 54.9 Å². The second-order valence-corrected chi connectivity index (χ2v) is 9.43. The van der Waals surface area contributed by atoms with Gasteiger partial charge < -0.3 is 20.1 Å². The molecule has 2 aromatic carbocycles. The van der Waals surface area contributed by atoms with Crippen LogP contribution in [-0.2, 0) is 16.3 Å². The molecule has 3 rings (SSSR count). The number of aliphatic hydroxyl groups excluding tert-OH is 3. The Balaban J connectivity index is 1.75. The molecule has 3 N–H and O–H groups in total. The zero-order valence-electron chi connectivity index (χ0n) is 15.7. The van der Waals surface area contributed by atoms with Crippen LogP contribution in [0.5, 0.6) is 5.75 Å². The van der Waals surface area contributed by atoms with Crippen molar-refractivity contribution in [1.29, 1.82) is 0 Å². The van der Waals surface area contributed by atoms with E-state index in [1.807, 2.05) is 24.3 Å². The van der Waals surface area contributed by atoms with Crippen LogP contribution in [0.2, 0.25) is 0 Å². The largest absolute Gasteiger partial charge is 0.490 e. The highest BCUT2D eigenvalue weighted by molar-refractivity contribution is 7.90. The van der Waals surface area contributed by atoms with Crippen molar-refractivity contribution >= 4 is 9.84 Å². The van der Waals surface area contributed by atoms with E-state index in [1.54, 1.807) is 24.3 Å². The Labute approximate surface area is 165 Å². The number of ether oxygens (including phenoxy) is 1. The third-order valence-corrected chi connectivity index (χ3v) is 6.32. The SMILES string of the molecule is CS(=O)(=O)c1ccc(Cc2ccccc2O[C@@H]2C[C@H](CO)[C@@H](O)[C@H](O)C2)cc1.